The van der Waals surface area contributed by atoms with Gasteiger partial charge in [0.15, 0.2) is 5.96 Å². The number of carbonyl (C=O) groups is 1. The third-order valence-corrected chi connectivity index (χ3v) is 4.49. The Balaban J connectivity index is 1.94. The van der Waals surface area contributed by atoms with Crippen molar-refractivity contribution in [2.75, 3.05) is 40.8 Å². The molecule has 1 aromatic carbocycles. The molecular weight excluding hydrogens is 328 g/mol. The van der Waals surface area contributed by atoms with Crippen LogP contribution < -0.4 is 5.32 Å². The molecule has 1 fully saturated rings. The van der Waals surface area contributed by atoms with E-state index in [9.17, 15) is 4.79 Å². The summed E-state index contributed by atoms with van der Waals surface area (Å²) in [5.41, 5.74) is 2.52. The smallest absolute Gasteiger partial charge is 0.310 e. The molecule has 0 radical (unpaired) electrons. The number of hydrogen-bond donors (Lipinski definition) is 1. The normalized spacial score (nSPS) is 18.1. The van der Waals surface area contributed by atoms with E-state index in [4.69, 9.17) is 4.74 Å². The van der Waals surface area contributed by atoms with Crippen LogP contribution in [-0.2, 0) is 22.6 Å². The molecule has 6 heteroatoms. The lowest BCUT2D eigenvalue weighted by atomic mass is 9.98. The average Bonchev–Trinajstić information content (AvgIpc) is 2.62. The molecule has 1 N–H and O–H groups in total. The number of ether oxygens (including phenoxy) is 1. The molecule has 1 heterocycles. The van der Waals surface area contributed by atoms with Crippen molar-refractivity contribution in [3.05, 3.63) is 35.4 Å². The number of nitrogens with zero attached hydrogens (tertiary/aromatic N) is 3. The molecule has 2 rings (SSSR count). The van der Waals surface area contributed by atoms with Crippen LogP contribution in [0.25, 0.3) is 0 Å². The van der Waals surface area contributed by atoms with Gasteiger partial charge in [-0.15, -0.1) is 0 Å². The second-order valence-electron chi connectivity index (χ2n) is 7.00. The van der Waals surface area contributed by atoms with Gasteiger partial charge in [0.2, 0.25) is 0 Å². The van der Waals surface area contributed by atoms with Gasteiger partial charge in [-0.25, -0.2) is 0 Å². The van der Waals surface area contributed by atoms with Crippen molar-refractivity contribution in [3.63, 3.8) is 0 Å². The van der Waals surface area contributed by atoms with Crippen LogP contribution in [0.3, 0.4) is 0 Å². The van der Waals surface area contributed by atoms with Crippen molar-refractivity contribution in [2.24, 2.45) is 10.9 Å². The van der Waals surface area contributed by atoms with Crippen LogP contribution in [0.15, 0.2) is 29.3 Å². The van der Waals surface area contributed by atoms with Crippen molar-refractivity contribution in [1.82, 2.24) is 15.1 Å². The van der Waals surface area contributed by atoms with Gasteiger partial charge >= 0.3 is 5.97 Å². The van der Waals surface area contributed by atoms with Gasteiger partial charge in [0.25, 0.3) is 0 Å². The zero-order valence-electron chi connectivity index (χ0n) is 16.5. The minimum Gasteiger partial charge on any atom is -0.466 e. The Morgan fingerprint density at radius 3 is 2.85 bits per heavy atom. The van der Waals surface area contributed by atoms with Crippen molar-refractivity contribution in [2.45, 2.75) is 32.9 Å². The fraction of sp³-hybridized carbons (Fsp3) is 0.600. The summed E-state index contributed by atoms with van der Waals surface area (Å²) in [5.74, 6) is 0.687. The van der Waals surface area contributed by atoms with Gasteiger partial charge in [0, 0.05) is 33.2 Å². The van der Waals surface area contributed by atoms with Crippen LogP contribution in [-0.4, -0.2) is 62.6 Å². The first-order chi connectivity index (χ1) is 12.5. The number of likely N-dealkylation sites (tertiary alicyclic amines) is 1. The van der Waals surface area contributed by atoms with Gasteiger partial charge in [-0.3, -0.25) is 9.79 Å². The second kappa shape index (κ2) is 10.2. The Bertz CT molecular complexity index is 616. The van der Waals surface area contributed by atoms with Gasteiger partial charge in [-0.05, 0) is 45.0 Å². The standard InChI is InChI=1S/C20H32N4O2/c1-5-26-19(25)18-10-7-11-24(15-18)20(21-2)22-13-16-8-6-9-17(12-16)14-23(3)4/h6,8-9,12,18H,5,7,10-11,13-15H2,1-4H3,(H,21,22). The minimum absolute atomic E-state index is 0.0642. The van der Waals surface area contributed by atoms with E-state index in [0.29, 0.717) is 19.7 Å². The molecule has 1 aliphatic rings. The number of guanidine groups is 1. The molecule has 26 heavy (non-hydrogen) atoms. The highest BCUT2D eigenvalue weighted by Gasteiger charge is 2.28. The Hall–Kier alpha value is -2.08. The van der Waals surface area contributed by atoms with Crippen molar-refractivity contribution in [3.8, 4) is 0 Å². The molecule has 0 saturated carbocycles. The molecule has 1 aliphatic heterocycles. The van der Waals surface area contributed by atoms with Crippen LogP contribution in [0.1, 0.15) is 30.9 Å². The van der Waals surface area contributed by atoms with E-state index in [0.717, 1.165) is 31.9 Å². The molecule has 144 valence electrons. The maximum absolute atomic E-state index is 12.0. The number of piperidine rings is 1. The monoisotopic (exact) mass is 360 g/mol. The molecule has 0 bridgehead atoms. The van der Waals surface area contributed by atoms with Gasteiger partial charge in [0.1, 0.15) is 0 Å². The molecule has 6 nitrogen and oxygen atoms in total. The molecule has 0 spiro atoms. The van der Waals surface area contributed by atoms with Gasteiger partial charge < -0.3 is 19.9 Å². The third kappa shape index (κ3) is 6.02. The van der Waals surface area contributed by atoms with E-state index in [1.165, 1.54) is 11.1 Å². The maximum atomic E-state index is 12.0. The highest BCUT2D eigenvalue weighted by Crippen LogP contribution is 2.18. The Labute approximate surface area is 157 Å². The van der Waals surface area contributed by atoms with E-state index in [-0.39, 0.29) is 11.9 Å². The molecule has 0 aliphatic carbocycles. The molecule has 1 unspecified atom stereocenters. The van der Waals surface area contributed by atoms with Crippen LogP contribution in [0, 0.1) is 5.92 Å². The summed E-state index contributed by atoms with van der Waals surface area (Å²) in [6, 6.07) is 8.58. The first-order valence-electron chi connectivity index (χ1n) is 9.38. The summed E-state index contributed by atoms with van der Waals surface area (Å²) in [5, 5.41) is 3.44. The summed E-state index contributed by atoms with van der Waals surface area (Å²) in [6.07, 6.45) is 1.86. The zero-order valence-corrected chi connectivity index (χ0v) is 16.5. The lowest BCUT2D eigenvalue weighted by molar-refractivity contribution is -0.149. The third-order valence-electron chi connectivity index (χ3n) is 4.49. The number of esters is 1. The van der Waals surface area contributed by atoms with E-state index in [1.807, 2.05) is 6.92 Å². The molecule has 0 amide bonds. The Morgan fingerprint density at radius 1 is 1.38 bits per heavy atom. The van der Waals surface area contributed by atoms with E-state index < -0.39 is 0 Å². The van der Waals surface area contributed by atoms with E-state index in [1.54, 1.807) is 7.05 Å². The molecular formula is C20H32N4O2. The summed E-state index contributed by atoms with van der Waals surface area (Å²) >= 11 is 0. The topological polar surface area (TPSA) is 57.2 Å². The fourth-order valence-electron chi connectivity index (χ4n) is 3.34. The highest BCUT2D eigenvalue weighted by molar-refractivity contribution is 5.81. The molecule has 1 aromatic rings. The molecule has 1 atom stereocenters. The average molecular weight is 361 g/mol. The van der Waals surface area contributed by atoms with Gasteiger partial charge in [0.05, 0.1) is 12.5 Å². The van der Waals surface area contributed by atoms with Crippen LogP contribution in [0.5, 0.6) is 0 Å². The first-order valence-corrected chi connectivity index (χ1v) is 9.38. The van der Waals surface area contributed by atoms with Crippen LogP contribution >= 0.6 is 0 Å². The lowest BCUT2D eigenvalue weighted by Crippen LogP contribution is -2.48. The maximum Gasteiger partial charge on any atom is 0.310 e. The number of aliphatic imine (C=N–C) groups is 1. The van der Waals surface area contributed by atoms with Gasteiger partial charge in [-0.2, -0.15) is 0 Å². The summed E-state index contributed by atoms with van der Waals surface area (Å²) in [7, 11) is 5.94. The van der Waals surface area contributed by atoms with Crippen LogP contribution in [0.2, 0.25) is 0 Å². The van der Waals surface area contributed by atoms with Crippen molar-refractivity contribution >= 4 is 11.9 Å². The summed E-state index contributed by atoms with van der Waals surface area (Å²) in [6.45, 7) is 5.51. The molecule has 0 aromatic heterocycles. The van der Waals surface area contributed by atoms with Crippen LogP contribution in [0.4, 0.5) is 0 Å². The number of carbonyl (C=O) groups excluding carboxylic acids is 1. The first kappa shape index (κ1) is 20.2. The Morgan fingerprint density at radius 2 is 2.15 bits per heavy atom. The predicted octanol–water partition coefficient (Wildman–Crippen LogP) is 2.10. The summed E-state index contributed by atoms with van der Waals surface area (Å²) < 4.78 is 5.19. The highest BCUT2D eigenvalue weighted by atomic mass is 16.5. The quantitative estimate of drug-likeness (QED) is 0.478. The zero-order chi connectivity index (χ0) is 18.9. The SMILES string of the molecule is CCOC(=O)C1CCCN(C(=NC)NCc2cccc(CN(C)C)c2)C1. The number of rotatable bonds is 6. The number of hydrogen-bond acceptors (Lipinski definition) is 4. The minimum atomic E-state index is -0.0935. The second-order valence-corrected chi connectivity index (χ2v) is 7.00. The van der Waals surface area contributed by atoms with Crippen molar-refractivity contribution in [1.29, 1.82) is 0 Å². The predicted molar refractivity (Wildman–Crippen MR) is 105 cm³/mol. The Kier molecular flexibility index (Phi) is 7.91. The number of benzene rings is 1. The van der Waals surface area contributed by atoms with E-state index >= 15 is 0 Å². The molecule has 1 saturated heterocycles. The largest absolute Gasteiger partial charge is 0.466 e. The van der Waals surface area contributed by atoms with Crippen molar-refractivity contribution < 1.29 is 9.53 Å². The van der Waals surface area contributed by atoms with Gasteiger partial charge in [-0.1, -0.05) is 24.3 Å². The van der Waals surface area contributed by atoms with E-state index in [2.05, 4.69) is 58.5 Å². The lowest BCUT2D eigenvalue weighted by Gasteiger charge is -2.34. The number of nitrogens with one attached hydrogen (secondary N) is 1. The fourth-order valence-corrected chi connectivity index (χ4v) is 3.34. The summed E-state index contributed by atoms with van der Waals surface area (Å²) in [4.78, 5) is 20.8.